The highest BCUT2D eigenvalue weighted by Gasteiger charge is 2.54. The van der Waals surface area contributed by atoms with Crippen LogP contribution in [0.4, 0.5) is 13.2 Å². The number of nitrogens with one attached hydrogen (secondary N) is 1. The van der Waals surface area contributed by atoms with E-state index in [0.717, 1.165) is 12.8 Å². The van der Waals surface area contributed by atoms with Gasteiger partial charge in [0.1, 0.15) is 0 Å². The van der Waals surface area contributed by atoms with Gasteiger partial charge in [0, 0.05) is 6.54 Å². The topological polar surface area (TPSA) is 75.3 Å². The van der Waals surface area contributed by atoms with Crippen LogP contribution in [0.25, 0.3) is 0 Å². The molecule has 0 aliphatic heterocycles. The lowest BCUT2D eigenvalue weighted by Gasteiger charge is -2.36. The Morgan fingerprint density at radius 3 is 2.58 bits per heavy atom. The normalized spacial score (nSPS) is 31.6. The minimum Gasteiger partial charge on any atom is -0.388 e. The SMILES string of the molecule is CC1CCCC(O)(CNC(=O)C(C)(N)C(F)(F)F)C1. The average Bonchev–Trinajstić information content (AvgIpc) is 2.24. The predicted molar refractivity (Wildman–Crippen MR) is 64.2 cm³/mol. The Bertz CT molecular complexity index is 344. The number of amides is 1. The van der Waals surface area contributed by atoms with Crippen LogP contribution < -0.4 is 11.1 Å². The summed E-state index contributed by atoms with van der Waals surface area (Å²) in [6, 6.07) is 0. The molecule has 0 saturated heterocycles. The van der Waals surface area contributed by atoms with E-state index in [1.807, 2.05) is 6.92 Å². The molecule has 0 radical (unpaired) electrons. The second-order valence-electron chi connectivity index (χ2n) is 5.81. The van der Waals surface area contributed by atoms with Gasteiger partial charge in [-0.15, -0.1) is 0 Å². The van der Waals surface area contributed by atoms with Crippen molar-refractivity contribution < 1.29 is 23.1 Å². The van der Waals surface area contributed by atoms with E-state index < -0.39 is 23.2 Å². The van der Waals surface area contributed by atoms with Crippen LogP contribution in [0.15, 0.2) is 0 Å². The van der Waals surface area contributed by atoms with Crippen LogP contribution in [0, 0.1) is 5.92 Å². The van der Waals surface area contributed by atoms with Crippen LogP contribution in [0.5, 0.6) is 0 Å². The summed E-state index contributed by atoms with van der Waals surface area (Å²) in [6.07, 6.45) is -2.09. The zero-order valence-corrected chi connectivity index (χ0v) is 11.2. The Morgan fingerprint density at radius 1 is 1.53 bits per heavy atom. The first-order chi connectivity index (χ1) is 8.48. The van der Waals surface area contributed by atoms with Gasteiger partial charge in [-0.05, 0) is 25.7 Å². The fourth-order valence-corrected chi connectivity index (χ4v) is 2.35. The molecule has 7 heteroatoms. The fraction of sp³-hybridized carbons (Fsp3) is 0.917. The monoisotopic (exact) mass is 282 g/mol. The molecule has 3 unspecified atom stereocenters. The molecule has 1 rings (SSSR count). The van der Waals surface area contributed by atoms with Gasteiger partial charge in [0.25, 0.3) is 0 Å². The molecular formula is C12H21F3N2O2. The number of nitrogens with two attached hydrogens (primary N) is 1. The molecule has 19 heavy (non-hydrogen) atoms. The van der Waals surface area contributed by atoms with Crippen LogP contribution >= 0.6 is 0 Å². The first-order valence-corrected chi connectivity index (χ1v) is 6.34. The van der Waals surface area contributed by atoms with Crippen LogP contribution in [-0.2, 0) is 4.79 Å². The number of aliphatic hydroxyl groups is 1. The first kappa shape index (κ1) is 16.2. The maximum Gasteiger partial charge on any atom is 0.415 e. The molecular weight excluding hydrogens is 261 g/mol. The summed E-state index contributed by atoms with van der Waals surface area (Å²) in [5.74, 6) is -1.02. The number of hydrogen-bond acceptors (Lipinski definition) is 3. The lowest BCUT2D eigenvalue weighted by molar-refractivity contribution is -0.188. The number of carbonyl (C=O) groups excluding carboxylic acids is 1. The van der Waals surface area contributed by atoms with Crippen molar-refractivity contribution in [3.8, 4) is 0 Å². The van der Waals surface area contributed by atoms with E-state index >= 15 is 0 Å². The van der Waals surface area contributed by atoms with Crippen molar-refractivity contribution in [2.24, 2.45) is 11.7 Å². The minimum atomic E-state index is -4.82. The van der Waals surface area contributed by atoms with Crippen LogP contribution in [0.3, 0.4) is 0 Å². The van der Waals surface area contributed by atoms with Crippen LogP contribution in [0.1, 0.15) is 39.5 Å². The molecule has 1 aliphatic carbocycles. The number of rotatable bonds is 3. The summed E-state index contributed by atoms with van der Waals surface area (Å²) >= 11 is 0. The Hall–Kier alpha value is -0.820. The average molecular weight is 282 g/mol. The second kappa shape index (κ2) is 5.28. The molecule has 1 saturated carbocycles. The molecule has 4 nitrogen and oxygen atoms in total. The molecule has 112 valence electrons. The van der Waals surface area contributed by atoms with Crippen molar-refractivity contribution in [1.82, 2.24) is 5.32 Å². The van der Waals surface area contributed by atoms with Gasteiger partial charge >= 0.3 is 6.18 Å². The summed E-state index contributed by atoms with van der Waals surface area (Å²) in [4.78, 5) is 11.5. The van der Waals surface area contributed by atoms with Gasteiger partial charge in [0.15, 0.2) is 5.54 Å². The van der Waals surface area contributed by atoms with E-state index in [1.165, 1.54) is 0 Å². The predicted octanol–water partition coefficient (Wildman–Crippen LogP) is 1.32. The van der Waals surface area contributed by atoms with Crippen LogP contribution in [0.2, 0.25) is 0 Å². The molecule has 1 amide bonds. The molecule has 0 spiro atoms. The van der Waals surface area contributed by atoms with E-state index in [-0.39, 0.29) is 6.54 Å². The van der Waals surface area contributed by atoms with Gasteiger partial charge < -0.3 is 16.2 Å². The maximum absolute atomic E-state index is 12.6. The van der Waals surface area contributed by atoms with Gasteiger partial charge in [-0.25, -0.2) is 0 Å². The Labute approximate surface area is 110 Å². The smallest absolute Gasteiger partial charge is 0.388 e. The summed E-state index contributed by atoms with van der Waals surface area (Å²) in [7, 11) is 0. The molecule has 0 aromatic heterocycles. The van der Waals surface area contributed by atoms with E-state index in [1.54, 1.807) is 0 Å². The van der Waals surface area contributed by atoms with Gasteiger partial charge in [0.05, 0.1) is 5.60 Å². The fourth-order valence-electron chi connectivity index (χ4n) is 2.35. The molecule has 0 heterocycles. The number of carbonyl (C=O) groups is 1. The lowest BCUT2D eigenvalue weighted by atomic mass is 9.79. The molecule has 1 aliphatic rings. The maximum atomic E-state index is 12.6. The first-order valence-electron chi connectivity index (χ1n) is 6.34. The van der Waals surface area contributed by atoms with E-state index in [4.69, 9.17) is 5.73 Å². The van der Waals surface area contributed by atoms with E-state index in [9.17, 15) is 23.1 Å². The summed E-state index contributed by atoms with van der Waals surface area (Å²) in [5.41, 5.74) is 0.934. The van der Waals surface area contributed by atoms with Crippen molar-refractivity contribution in [3.63, 3.8) is 0 Å². The number of hydrogen-bond donors (Lipinski definition) is 3. The van der Waals surface area contributed by atoms with Crippen LogP contribution in [-0.4, -0.2) is 34.9 Å². The van der Waals surface area contributed by atoms with E-state index in [2.05, 4.69) is 5.32 Å². The molecule has 0 aromatic rings. The number of alkyl halides is 3. The van der Waals surface area contributed by atoms with E-state index in [0.29, 0.717) is 25.7 Å². The zero-order valence-electron chi connectivity index (χ0n) is 11.2. The van der Waals surface area contributed by atoms with Gasteiger partial charge in [-0.2, -0.15) is 13.2 Å². The highest BCUT2D eigenvalue weighted by Crippen LogP contribution is 2.32. The summed E-state index contributed by atoms with van der Waals surface area (Å²) in [5, 5.41) is 12.3. The third-order valence-corrected chi connectivity index (χ3v) is 3.71. The lowest BCUT2D eigenvalue weighted by Crippen LogP contribution is -2.63. The molecule has 1 fully saturated rings. The zero-order chi connectivity index (χ0) is 14.9. The summed E-state index contributed by atoms with van der Waals surface area (Å²) < 4.78 is 37.7. The van der Waals surface area contributed by atoms with Crippen molar-refractivity contribution in [3.05, 3.63) is 0 Å². The Balaban J connectivity index is 2.59. The van der Waals surface area contributed by atoms with Gasteiger partial charge in [-0.1, -0.05) is 19.8 Å². The third kappa shape index (κ3) is 3.82. The quantitative estimate of drug-likeness (QED) is 0.731. The molecule has 3 atom stereocenters. The largest absolute Gasteiger partial charge is 0.415 e. The second-order valence-corrected chi connectivity index (χ2v) is 5.81. The van der Waals surface area contributed by atoms with Crippen molar-refractivity contribution in [2.75, 3.05) is 6.54 Å². The highest BCUT2D eigenvalue weighted by atomic mass is 19.4. The number of halogens is 3. The molecule has 4 N–H and O–H groups in total. The van der Waals surface area contributed by atoms with Crippen molar-refractivity contribution in [2.45, 2.75) is 56.8 Å². The van der Waals surface area contributed by atoms with Crippen molar-refractivity contribution in [1.29, 1.82) is 0 Å². The Morgan fingerprint density at radius 2 is 2.11 bits per heavy atom. The van der Waals surface area contributed by atoms with Gasteiger partial charge in [0.2, 0.25) is 5.91 Å². The van der Waals surface area contributed by atoms with Crippen molar-refractivity contribution >= 4 is 5.91 Å². The minimum absolute atomic E-state index is 0.195. The molecule has 0 bridgehead atoms. The highest BCUT2D eigenvalue weighted by molar-refractivity contribution is 5.86. The molecule has 0 aromatic carbocycles. The summed E-state index contributed by atoms with van der Waals surface area (Å²) in [6.45, 7) is 2.39. The van der Waals surface area contributed by atoms with Gasteiger partial charge in [-0.3, -0.25) is 4.79 Å². The Kier molecular flexibility index (Phi) is 4.51. The third-order valence-electron chi connectivity index (χ3n) is 3.71. The standard InChI is InChI=1S/C12H21F3N2O2/c1-8-4-3-5-11(19,6-8)7-17-9(18)10(2,16)12(13,14)15/h8,19H,3-7,16H2,1-2H3,(H,17,18).